The molecule has 0 saturated carbocycles. The lowest BCUT2D eigenvalue weighted by Gasteiger charge is -2.23. The van der Waals surface area contributed by atoms with Gasteiger partial charge in [-0.25, -0.2) is 8.78 Å². The van der Waals surface area contributed by atoms with E-state index in [9.17, 15) is 13.6 Å². The highest BCUT2D eigenvalue weighted by molar-refractivity contribution is 5.84. The van der Waals surface area contributed by atoms with Crippen LogP contribution in [0.5, 0.6) is 0 Å². The molecule has 1 heterocycles. The van der Waals surface area contributed by atoms with Gasteiger partial charge in [0, 0.05) is 0 Å². The van der Waals surface area contributed by atoms with Gasteiger partial charge in [-0.1, -0.05) is 33.6 Å². The molecule has 1 rings (SSSR count). The van der Waals surface area contributed by atoms with Crippen LogP contribution in [0.2, 0.25) is 0 Å². The Kier molecular flexibility index (Phi) is 5.31. The van der Waals surface area contributed by atoms with E-state index in [2.05, 4.69) is 5.32 Å². The summed E-state index contributed by atoms with van der Waals surface area (Å²) < 4.78 is 24.9. The predicted molar refractivity (Wildman–Crippen MR) is 62.8 cm³/mol. The Labute approximate surface area is 102 Å². The SMILES string of the molecule is CCCC1NC(C(C)CC)C(=O)N1CC(F)F. The van der Waals surface area contributed by atoms with Gasteiger partial charge >= 0.3 is 0 Å². The Morgan fingerprint density at radius 2 is 2.06 bits per heavy atom. The predicted octanol–water partition coefficient (Wildman–Crippen LogP) is 2.22. The Hall–Kier alpha value is -0.710. The molecule has 1 aliphatic rings. The fourth-order valence-electron chi connectivity index (χ4n) is 2.22. The summed E-state index contributed by atoms with van der Waals surface area (Å²) in [5.74, 6) is 0.0163. The first-order chi connectivity index (χ1) is 8.01. The quantitative estimate of drug-likeness (QED) is 0.781. The molecular formula is C12H22F2N2O. The van der Waals surface area contributed by atoms with E-state index in [0.717, 1.165) is 19.3 Å². The van der Waals surface area contributed by atoms with E-state index in [1.54, 1.807) is 0 Å². The maximum Gasteiger partial charge on any atom is 0.255 e. The van der Waals surface area contributed by atoms with E-state index in [0.29, 0.717) is 0 Å². The molecule has 1 fully saturated rings. The van der Waals surface area contributed by atoms with Crippen LogP contribution >= 0.6 is 0 Å². The molecule has 0 aromatic heterocycles. The smallest absolute Gasteiger partial charge is 0.255 e. The number of amides is 1. The highest BCUT2D eigenvalue weighted by Gasteiger charge is 2.41. The molecule has 3 unspecified atom stereocenters. The van der Waals surface area contributed by atoms with Crippen LogP contribution in [0.4, 0.5) is 8.78 Å². The zero-order valence-corrected chi connectivity index (χ0v) is 10.7. The van der Waals surface area contributed by atoms with Crippen molar-refractivity contribution in [2.45, 2.75) is 58.7 Å². The molecule has 0 radical (unpaired) electrons. The molecule has 0 aromatic carbocycles. The van der Waals surface area contributed by atoms with Crippen molar-refractivity contribution in [3.63, 3.8) is 0 Å². The molecule has 0 aromatic rings. The van der Waals surface area contributed by atoms with E-state index >= 15 is 0 Å². The van der Waals surface area contributed by atoms with E-state index in [1.807, 2.05) is 20.8 Å². The van der Waals surface area contributed by atoms with Gasteiger partial charge in [0.1, 0.15) is 0 Å². The normalized spacial score (nSPS) is 26.9. The van der Waals surface area contributed by atoms with Gasteiger partial charge in [-0.15, -0.1) is 0 Å². The van der Waals surface area contributed by atoms with Crippen LogP contribution in [0.25, 0.3) is 0 Å². The Morgan fingerprint density at radius 3 is 2.53 bits per heavy atom. The average Bonchev–Trinajstić information content (AvgIpc) is 2.57. The molecule has 100 valence electrons. The van der Waals surface area contributed by atoms with Crippen LogP contribution in [0.15, 0.2) is 0 Å². The number of nitrogens with zero attached hydrogens (tertiary/aromatic N) is 1. The molecule has 3 nitrogen and oxygen atoms in total. The van der Waals surface area contributed by atoms with Crippen LogP contribution < -0.4 is 5.32 Å². The lowest BCUT2D eigenvalue weighted by Crippen LogP contribution is -2.40. The number of hydrogen-bond donors (Lipinski definition) is 1. The molecule has 0 aliphatic carbocycles. The number of alkyl halides is 2. The van der Waals surface area contributed by atoms with Gasteiger partial charge in [0.15, 0.2) is 0 Å². The fraction of sp³-hybridized carbons (Fsp3) is 0.917. The highest BCUT2D eigenvalue weighted by Crippen LogP contribution is 2.22. The zero-order valence-electron chi connectivity index (χ0n) is 10.7. The molecule has 0 bridgehead atoms. The first-order valence-electron chi connectivity index (χ1n) is 6.35. The minimum atomic E-state index is -2.46. The summed E-state index contributed by atoms with van der Waals surface area (Å²) in [7, 11) is 0. The average molecular weight is 248 g/mol. The summed E-state index contributed by atoms with van der Waals surface area (Å²) in [5, 5.41) is 3.19. The van der Waals surface area contributed by atoms with E-state index in [4.69, 9.17) is 0 Å². The van der Waals surface area contributed by atoms with Gasteiger partial charge in [0.25, 0.3) is 6.43 Å². The number of nitrogens with one attached hydrogen (secondary N) is 1. The van der Waals surface area contributed by atoms with Crippen molar-refractivity contribution >= 4 is 5.91 Å². The maximum atomic E-state index is 12.5. The Morgan fingerprint density at radius 1 is 1.41 bits per heavy atom. The second kappa shape index (κ2) is 6.28. The molecule has 1 N–H and O–H groups in total. The molecule has 0 spiro atoms. The van der Waals surface area contributed by atoms with Crippen molar-refractivity contribution in [3.05, 3.63) is 0 Å². The van der Waals surface area contributed by atoms with Crippen molar-refractivity contribution < 1.29 is 13.6 Å². The van der Waals surface area contributed by atoms with Gasteiger partial charge in [-0.05, 0) is 12.3 Å². The molecule has 1 aliphatic heterocycles. The summed E-state index contributed by atoms with van der Waals surface area (Å²) in [4.78, 5) is 13.4. The molecule has 1 amide bonds. The van der Waals surface area contributed by atoms with Crippen LogP contribution in [0.3, 0.4) is 0 Å². The van der Waals surface area contributed by atoms with Gasteiger partial charge in [0.2, 0.25) is 5.91 Å². The minimum absolute atomic E-state index is 0.168. The lowest BCUT2D eigenvalue weighted by atomic mass is 9.99. The van der Waals surface area contributed by atoms with E-state index < -0.39 is 13.0 Å². The molecule has 1 saturated heterocycles. The van der Waals surface area contributed by atoms with E-state index in [1.165, 1.54) is 4.90 Å². The summed E-state index contributed by atoms with van der Waals surface area (Å²) in [6.07, 6.45) is -0.218. The third-order valence-electron chi connectivity index (χ3n) is 3.41. The number of rotatable bonds is 6. The summed E-state index contributed by atoms with van der Waals surface area (Å²) in [5.41, 5.74) is 0. The van der Waals surface area contributed by atoms with Crippen molar-refractivity contribution in [1.82, 2.24) is 10.2 Å². The maximum absolute atomic E-state index is 12.5. The topological polar surface area (TPSA) is 32.3 Å². The molecular weight excluding hydrogens is 226 g/mol. The number of halogens is 2. The van der Waals surface area contributed by atoms with Crippen LogP contribution in [0, 0.1) is 5.92 Å². The number of carbonyl (C=O) groups is 1. The van der Waals surface area contributed by atoms with Crippen molar-refractivity contribution in [2.24, 2.45) is 5.92 Å². The standard InChI is InChI=1S/C12H22F2N2O/c1-4-6-10-15-11(8(3)5-2)12(17)16(10)7-9(13)14/h8-11,15H,4-7H2,1-3H3. The second-order valence-corrected chi connectivity index (χ2v) is 4.72. The second-order valence-electron chi connectivity index (χ2n) is 4.72. The summed E-state index contributed by atoms with van der Waals surface area (Å²) in [6, 6.07) is -0.296. The van der Waals surface area contributed by atoms with Crippen LogP contribution in [0.1, 0.15) is 40.0 Å². The van der Waals surface area contributed by atoms with Crippen molar-refractivity contribution in [1.29, 1.82) is 0 Å². The highest BCUT2D eigenvalue weighted by atomic mass is 19.3. The monoisotopic (exact) mass is 248 g/mol. The molecule has 3 atom stereocenters. The summed E-state index contributed by atoms with van der Waals surface area (Å²) >= 11 is 0. The van der Waals surface area contributed by atoms with Gasteiger partial charge in [-0.2, -0.15) is 0 Å². The van der Waals surface area contributed by atoms with Crippen molar-refractivity contribution in [2.75, 3.05) is 6.54 Å². The Bertz CT molecular complexity index is 261. The first-order valence-corrected chi connectivity index (χ1v) is 6.35. The minimum Gasteiger partial charge on any atom is -0.320 e. The third-order valence-corrected chi connectivity index (χ3v) is 3.41. The van der Waals surface area contributed by atoms with Crippen LogP contribution in [-0.4, -0.2) is 36.0 Å². The number of carbonyl (C=O) groups excluding carboxylic acids is 1. The zero-order chi connectivity index (χ0) is 13.0. The van der Waals surface area contributed by atoms with Gasteiger partial charge in [-0.3, -0.25) is 10.1 Å². The Balaban J connectivity index is 2.74. The molecule has 17 heavy (non-hydrogen) atoms. The van der Waals surface area contributed by atoms with Gasteiger partial charge < -0.3 is 4.90 Å². The lowest BCUT2D eigenvalue weighted by molar-refractivity contribution is -0.132. The van der Waals surface area contributed by atoms with Gasteiger partial charge in [0.05, 0.1) is 18.8 Å². The van der Waals surface area contributed by atoms with Crippen LogP contribution in [-0.2, 0) is 4.79 Å². The largest absolute Gasteiger partial charge is 0.320 e. The number of hydrogen-bond acceptors (Lipinski definition) is 2. The fourth-order valence-corrected chi connectivity index (χ4v) is 2.22. The molecule has 5 heteroatoms. The summed E-state index contributed by atoms with van der Waals surface area (Å²) in [6.45, 7) is 5.52. The third kappa shape index (κ3) is 3.37. The van der Waals surface area contributed by atoms with Crippen molar-refractivity contribution in [3.8, 4) is 0 Å². The first kappa shape index (κ1) is 14.4. The van der Waals surface area contributed by atoms with E-state index in [-0.39, 0.29) is 24.0 Å².